The van der Waals surface area contributed by atoms with Crippen LogP contribution in [-0.4, -0.2) is 44.7 Å². The third-order valence-electron chi connectivity index (χ3n) is 4.95. The van der Waals surface area contributed by atoms with Crippen LogP contribution < -0.4 is 4.90 Å². The molecule has 1 aromatic rings. The lowest BCUT2D eigenvalue weighted by atomic mass is 9.88. The van der Waals surface area contributed by atoms with E-state index in [1.54, 1.807) is 0 Å². The molecule has 4 nitrogen and oxygen atoms in total. The van der Waals surface area contributed by atoms with E-state index in [0.29, 0.717) is 5.92 Å². The molecule has 112 valence electrons. The van der Waals surface area contributed by atoms with Crippen LogP contribution in [0, 0.1) is 0 Å². The van der Waals surface area contributed by atoms with Gasteiger partial charge in [0.1, 0.15) is 0 Å². The molecular formula is C17H22N2O2. The molecule has 2 unspecified atom stereocenters. The maximum Gasteiger partial charge on any atom is 0.337 e. The molecule has 2 heterocycles. The third-order valence-corrected chi connectivity index (χ3v) is 4.95. The van der Waals surface area contributed by atoms with E-state index in [1.165, 1.54) is 18.4 Å². The maximum absolute atomic E-state index is 12.4. The van der Waals surface area contributed by atoms with Gasteiger partial charge in [-0.3, -0.25) is 0 Å². The standard InChI is InChI=1S/C17H22N2O2/c1-11-15(17(20)21-4)16-13(9-10-18(11)2)12-7-5-6-8-14(12)19(16)3/h5-8,13,16H,9-10H2,1-4H3. The van der Waals surface area contributed by atoms with Gasteiger partial charge in [0, 0.05) is 37.9 Å². The van der Waals surface area contributed by atoms with E-state index in [4.69, 9.17) is 4.74 Å². The summed E-state index contributed by atoms with van der Waals surface area (Å²) in [6.45, 7) is 2.97. The summed E-state index contributed by atoms with van der Waals surface area (Å²) in [5, 5.41) is 0. The van der Waals surface area contributed by atoms with Crippen LogP contribution in [0.5, 0.6) is 0 Å². The largest absolute Gasteiger partial charge is 0.466 e. The number of allylic oxidation sites excluding steroid dienone is 1. The van der Waals surface area contributed by atoms with Crippen molar-refractivity contribution < 1.29 is 9.53 Å². The summed E-state index contributed by atoms with van der Waals surface area (Å²) < 4.78 is 5.07. The number of benzene rings is 1. The first-order chi connectivity index (χ1) is 10.1. The minimum Gasteiger partial charge on any atom is -0.466 e. The Morgan fingerprint density at radius 3 is 2.71 bits per heavy atom. The number of carbonyl (C=O) groups excluding carboxylic acids is 1. The molecule has 0 aromatic heterocycles. The number of carbonyl (C=O) groups is 1. The van der Waals surface area contributed by atoms with E-state index in [2.05, 4.69) is 41.1 Å². The summed E-state index contributed by atoms with van der Waals surface area (Å²) in [5.41, 5.74) is 4.39. The van der Waals surface area contributed by atoms with Crippen LogP contribution in [0.3, 0.4) is 0 Å². The van der Waals surface area contributed by atoms with Crippen molar-refractivity contribution in [1.29, 1.82) is 0 Å². The Hall–Kier alpha value is -1.97. The van der Waals surface area contributed by atoms with Crippen LogP contribution >= 0.6 is 0 Å². The van der Waals surface area contributed by atoms with Crippen molar-refractivity contribution in [2.45, 2.75) is 25.3 Å². The summed E-state index contributed by atoms with van der Waals surface area (Å²) in [5.74, 6) is 0.135. The molecule has 0 radical (unpaired) electrons. The third kappa shape index (κ3) is 2.01. The van der Waals surface area contributed by atoms with Crippen LogP contribution in [0.2, 0.25) is 0 Å². The second kappa shape index (κ2) is 5.10. The van der Waals surface area contributed by atoms with Gasteiger partial charge < -0.3 is 14.5 Å². The van der Waals surface area contributed by atoms with Crippen molar-refractivity contribution in [2.24, 2.45) is 0 Å². The quantitative estimate of drug-likeness (QED) is 0.742. The summed E-state index contributed by atoms with van der Waals surface area (Å²) in [7, 11) is 5.58. The molecule has 21 heavy (non-hydrogen) atoms. The number of anilines is 1. The van der Waals surface area contributed by atoms with Crippen LogP contribution in [0.4, 0.5) is 5.69 Å². The molecule has 2 atom stereocenters. The molecule has 0 aliphatic carbocycles. The van der Waals surface area contributed by atoms with Gasteiger partial charge >= 0.3 is 5.97 Å². The molecule has 0 saturated heterocycles. The first-order valence-corrected chi connectivity index (χ1v) is 7.38. The highest BCUT2D eigenvalue weighted by Crippen LogP contribution is 2.46. The lowest BCUT2D eigenvalue weighted by Gasteiger charge is -2.28. The van der Waals surface area contributed by atoms with Gasteiger partial charge in [-0.2, -0.15) is 0 Å². The van der Waals surface area contributed by atoms with Crippen molar-refractivity contribution in [2.75, 3.05) is 32.6 Å². The van der Waals surface area contributed by atoms with Crippen molar-refractivity contribution in [1.82, 2.24) is 4.90 Å². The van der Waals surface area contributed by atoms with Gasteiger partial charge in [0.05, 0.1) is 18.7 Å². The molecule has 2 aliphatic heterocycles. The van der Waals surface area contributed by atoms with Gasteiger partial charge in [0.15, 0.2) is 0 Å². The van der Waals surface area contributed by atoms with E-state index >= 15 is 0 Å². The number of esters is 1. The zero-order valence-electron chi connectivity index (χ0n) is 13.1. The van der Waals surface area contributed by atoms with E-state index in [0.717, 1.165) is 24.2 Å². The Morgan fingerprint density at radius 1 is 1.29 bits per heavy atom. The van der Waals surface area contributed by atoms with Crippen molar-refractivity contribution >= 4 is 11.7 Å². The van der Waals surface area contributed by atoms with Crippen molar-refractivity contribution in [3.63, 3.8) is 0 Å². The Morgan fingerprint density at radius 2 is 2.00 bits per heavy atom. The summed E-state index contributed by atoms with van der Waals surface area (Å²) in [4.78, 5) is 16.8. The van der Waals surface area contributed by atoms with Gasteiger partial charge in [-0.05, 0) is 25.0 Å². The Bertz CT molecular complexity index is 609. The van der Waals surface area contributed by atoms with E-state index in [1.807, 2.05) is 14.0 Å². The number of rotatable bonds is 1. The highest BCUT2D eigenvalue weighted by molar-refractivity contribution is 5.92. The Balaban J connectivity index is 2.15. The average Bonchev–Trinajstić information content (AvgIpc) is 2.70. The average molecular weight is 286 g/mol. The van der Waals surface area contributed by atoms with Crippen LogP contribution in [0.15, 0.2) is 35.5 Å². The maximum atomic E-state index is 12.4. The number of hydrogen-bond acceptors (Lipinski definition) is 4. The SMILES string of the molecule is COC(=O)C1=C(C)N(C)CCC2c3ccccc3N(C)C12. The smallest absolute Gasteiger partial charge is 0.337 e. The lowest BCUT2D eigenvalue weighted by molar-refractivity contribution is -0.136. The van der Waals surface area contributed by atoms with Crippen LogP contribution in [0.25, 0.3) is 0 Å². The monoisotopic (exact) mass is 286 g/mol. The molecule has 1 aromatic carbocycles. The highest BCUT2D eigenvalue weighted by Gasteiger charge is 2.43. The van der Waals surface area contributed by atoms with E-state index in [9.17, 15) is 4.79 Å². The molecular weight excluding hydrogens is 264 g/mol. The predicted molar refractivity (Wildman–Crippen MR) is 83.3 cm³/mol. The molecule has 0 saturated carbocycles. The fourth-order valence-corrected chi connectivity index (χ4v) is 3.72. The summed E-state index contributed by atoms with van der Waals surface area (Å²) >= 11 is 0. The van der Waals surface area contributed by atoms with Crippen LogP contribution in [0.1, 0.15) is 24.8 Å². The molecule has 0 amide bonds. The molecule has 4 heteroatoms. The summed E-state index contributed by atoms with van der Waals surface area (Å²) in [6.07, 6.45) is 1.04. The van der Waals surface area contributed by atoms with Gasteiger partial charge in [-0.1, -0.05) is 18.2 Å². The molecule has 3 rings (SSSR count). The molecule has 0 bridgehead atoms. The molecule has 0 fully saturated rings. The molecule has 0 N–H and O–H groups in total. The number of hydrogen-bond donors (Lipinski definition) is 0. The van der Waals surface area contributed by atoms with Crippen LogP contribution in [-0.2, 0) is 9.53 Å². The first kappa shape index (κ1) is 14.0. The minimum atomic E-state index is -0.212. The van der Waals surface area contributed by atoms with Crippen molar-refractivity contribution in [3.8, 4) is 0 Å². The van der Waals surface area contributed by atoms with Crippen molar-refractivity contribution in [3.05, 3.63) is 41.1 Å². The zero-order valence-corrected chi connectivity index (χ0v) is 13.1. The highest BCUT2D eigenvalue weighted by atomic mass is 16.5. The first-order valence-electron chi connectivity index (χ1n) is 7.38. The van der Waals surface area contributed by atoms with E-state index < -0.39 is 0 Å². The van der Waals surface area contributed by atoms with Gasteiger partial charge in [-0.25, -0.2) is 4.79 Å². The number of ether oxygens (including phenoxy) is 1. The number of nitrogens with zero attached hydrogens (tertiary/aromatic N) is 2. The Labute approximate surface area is 126 Å². The fraction of sp³-hybridized carbons (Fsp3) is 0.471. The fourth-order valence-electron chi connectivity index (χ4n) is 3.72. The normalized spacial score (nSPS) is 24.6. The van der Waals surface area contributed by atoms with Gasteiger partial charge in [0.2, 0.25) is 0 Å². The molecule has 2 aliphatic rings. The minimum absolute atomic E-state index is 0.0693. The molecule has 0 spiro atoms. The second-order valence-electron chi connectivity index (χ2n) is 5.92. The second-order valence-corrected chi connectivity index (χ2v) is 5.92. The number of para-hydroxylation sites is 1. The van der Waals surface area contributed by atoms with E-state index in [-0.39, 0.29) is 12.0 Å². The van der Waals surface area contributed by atoms with Gasteiger partial charge in [0.25, 0.3) is 0 Å². The summed E-state index contributed by atoms with van der Waals surface area (Å²) in [6, 6.07) is 8.53. The number of likely N-dealkylation sites (N-methyl/N-ethyl adjacent to an activating group) is 1. The predicted octanol–water partition coefficient (Wildman–Crippen LogP) is 2.37. The number of fused-ring (bicyclic) bond motifs is 3. The van der Waals surface area contributed by atoms with Gasteiger partial charge in [-0.15, -0.1) is 0 Å². The Kier molecular flexibility index (Phi) is 3.40. The number of methoxy groups -OCH3 is 1. The lowest BCUT2D eigenvalue weighted by Crippen LogP contribution is -2.36. The topological polar surface area (TPSA) is 32.8 Å². The zero-order chi connectivity index (χ0) is 15.1.